The van der Waals surface area contributed by atoms with Gasteiger partial charge in [0.2, 0.25) is 0 Å². The Bertz CT molecular complexity index is 850. The van der Waals surface area contributed by atoms with Crippen LogP contribution in [-0.4, -0.2) is 24.4 Å². The highest BCUT2D eigenvalue weighted by atomic mass is 19.4. The van der Waals surface area contributed by atoms with Crippen LogP contribution in [0, 0.1) is 0 Å². The summed E-state index contributed by atoms with van der Waals surface area (Å²) in [6, 6.07) is 9.55. The van der Waals surface area contributed by atoms with Gasteiger partial charge in [0.25, 0.3) is 11.8 Å². The van der Waals surface area contributed by atoms with Crippen LogP contribution in [0.15, 0.2) is 48.5 Å². The normalized spacial score (nSPS) is 10.9. The van der Waals surface area contributed by atoms with E-state index in [1.165, 1.54) is 12.1 Å². The van der Waals surface area contributed by atoms with Gasteiger partial charge < -0.3 is 15.8 Å². The van der Waals surface area contributed by atoms with Crippen LogP contribution in [0.1, 0.15) is 26.3 Å². The van der Waals surface area contributed by atoms with E-state index in [1.54, 1.807) is 12.1 Å². The highest BCUT2D eigenvalue weighted by Gasteiger charge is 2.31. The largest absolute Gasteiger partial charge is 0.452 e. The van der Waals surface area contributed by atoms with E-state index in [4.69, 9.17) is 10.5 Å². The second-order valence-electron chi connectivity index (χ2n) is 5.11. The van der Waals surface area contributed by atoms with Crippen LogP contribution in [-0.2, 0) is 15.7 Å². The molecule has 0 heterocycles. The van der Waals surface area contributed by atoms with E-state index in [9.17, 15) is 27.6 Å². The van der Waals surface area contributed by atoms with Crippen molar-refractivity contribution in [2.24, 2.45) is 5.73 Å². The lowest BCUT2D eigenvalue weighted by atomic mass is 10.1. The van der Waals surface area contributed by atoms with Crippen LogP contribution < -0.4 is 11.1 Å². The molecule has 0 atom stereocenters. The Labute approximate surface area is 145 Å². The zero-order chi connectivity index (χ0) is 19.3. The molecule has 0 saturated carbocycles. The van der Waals surface area contributed by atoms with Crippen molar-refractivity contribution >= 4 is 23.5 Å². The number of primary amides is 1. The Morgan fingerprint density at radius 2 is 1.73 bits per heavy atom. The second-order valence-corrected chi connectivity index (χ2v) is 5.11. The van der Waals surface area contributed by atoms with Gasteiger partial charge in [-0.15, -0.1) is 0 Å². The topological polar surface area (TPSA) is 98.5 Å². The first kappa shape index (κ1) is 19.0. The molecular formula is C17H13F3N2O4. The van der Waals surface area contributed by atoms with Crippen molar-refractivity contribution in [1.29, 1.82) is 0 Å². The minimum absolute atomic E-state index is 0.0602. The molecule has 0 bridgehead atoms. The molecular weight excluding hydrogens is 353 g/mol. The predicted octanol–water partition coefficient (Wildman–Crippen LogP) is 2.60. The lowest BCUT2D eigenvalue weighted by molar-refractivity contribution is -0.137. The van der Waals surface area contributed by atoms with Gasteiger partial charge in [0, 0.05) is 0 Å². The van der Waals surface area contributed by atoms with Gasteiger partial charge in [-0.1, -0.05) is 18.2 Å². The number of amides is 2. The van der Waals surface area contributed by atoms with Crippen molar-refractivity contribution < 1.29 is 32.3 Å². The molecule has 0 spiro atoms. The van der Waals surface area contributed by atoms with Gasteiger partial charge in [-0.3, -0.25) is 9.59 Å². The van der Waals surface area contributed by atoms with Gasteiger partial charge in [0.05, 0.1) is 22.4 Å². The predicted molar refractivity (Wildman–Crippen MR) is 85.3 cm³/mol. The smallest absolute Gasteiger partial charge is 0.416 e. The molecule has 26 heavy (non-hydrogen) atoms. The van der Waals surface area contributed by atoms with E-state index in [1.807, 2.05) is 0 Å². The molecule has 136 valence electrons. The van der Waals surface area contributed by atoms with E-state index in [0.717, 1.165) is 18.2 Å². The van der Waals surface area contributed by atoms with Gasteiger partial charge in [0.1, 0.15) is 0 Å². The van der Waals surface area contributed by atoms with Gasteiger partial charge >= 0.3 is 12.1 Å². The summed E-state index contributed by atoms with van der Waals surface area (Å²) < 4.78 is 42.6. The monoisotopic (exact) mass is 366 g/mol. The fourth-order valence-electron chi connectivity index (χ4n) is 2.03. The number of benzene rings is 2. The Morgan fingerprint density at radius 3 is 2.38 bits per heavy atom. The van der Waals surface area contributed by atoms with Crippen LogP contribution >= 0.6 is 0 Å². The minimum Gasteiger partial charge on any atom is -0.452 e. The minimum atomic E-state index is -4.61. The molecule has 0 aromatic heterocycles. The number of anilines is 1. The summed E-state index contributed by atoms with van der Waals surface area (Å²) >= 11 is 0. The number of ether oxygens (including phenoxy) is 1. The third-order valence-electron chi connectivity index (χ3n) is 3.23. The summed E-state index contributed by atoms with van der Waals surface area (Å²) in [6.07, 6.45) is -4.61. The number of alkyl halides is 3. The fraction of sp³-hybridized carbons (Fsp3) is 0.118. The van der Waals surface area contributed by atoms with Crippen LogP contribution in [0.5, 0.6) is 0 Å². The number of nitrogens with one attached hydrogen (secondary N) is 1. The van der Waals surface area contributed by atoms with Gasteiger partial charge in [0.15, 0.2) is 6.61 Å². The Hall–Kier alpha value is -3.36. The number of hydrogen-bond acceptors (Lipinski definition) is 4. The van der Waals surface area contributed by atoms with Crippen LogP contribution in [0.2, 0.25) is 0 Å². The van der Waals surface area contributed by atoms with Crippen LogP contribution in [0.4, 0.5) is 18.9 Å². The van der Waals surface area contributed by atoms with E-state index in [2.05, 4.69) is 5.32 Å². The molecule has 9 heteroatoms. The summed E-state index contributed by atoms with van der Waals surface area (Å²) in [4.78, 5) is 34.9. The van der Waals surface area contributed by atoms with E-state index < -0.39 is 36.1 Å². The highest BCUT2D eigenvalue weighted by Crippen LogP contribution is 2.29. The summed E-state index contributed by atoms with van der Waals surface area (Å²) in [5.41, 5.74) is 4.01. The van der Waals surface area contributed by atoms with Crippen molar-refractivity contribution in [3.05, 3.63) is 65.2 Å². The van der Waals surface area contributed by atoms with E-state index >= 15 is 0 Å². The lowest BCUT2D eigenvalue weighted by Crippen LogP contribution is -2.23. The molecule has 0 radical (unpaired) electrons. The molecule has 0 aliphatic carbocycles. The zero-order valence-electron chi connectivity index (χ0n) is 13.2. The number of halogens is 3. The number of nitrogens with two attached hydrogens (primary N) is 1. The average molecular weight is 366 g/mol. The first-order chi connectivity index (χ1) is 12.2. The molecule has 0 aliphatic rings. The van der Waals surface area contributed by atoms with Crippen molar-refractivity contribution in [3.8, 4) is 0 Å². The number of carbonyl (C=O) groups excluding carboxylic acids is 3. The van der Waals surface area contributed by atoms with Gasteiger partial charge in [-0.05, 0) is 30.3 Å². The summed E-state index contributed by atoms with van der Waals surface area (Å²) in [6.45, 7) is -0.748. The summed E-state index contributed by atoms with van der Waals surface area (Å²) in [5, 5.41) is 2.34. The number of hydrogen-bond donors (Lipinski definition) is 2. The van der Waals surface area contributed by atoms with Crippen molar-refractivity contribution in [2.45, 2.75) is 6.18 Å². The molecule has 0 saturated heterocycles. The first-order valence-corrected chi connectivity index (χ1v) is 7.21. The summed E-state index contributed by atoms with van der Waals surface area (Å²) in [7, 11) is 0. The van der Waals surface area contributed by atoms with Crippen LogP contribution in [0.25, 0.3) is 0 Å². The van der Waals surface area contributed by atoms with Crippen LogP contribution in [0.3, 0.4) is 0 Å². The molecule has 6 nitrogen and oxygen atoms in total. The highest BCUT2D eigenvalue weighted by molar-refractivity contribution is 6.03. The van der Waals surface area contributed by atoms with E-state index in [0.29, 0.717) is 6.07 Å². The Balaban J connectivity index is 2.00. The molecule has 0 fully saturated rings. The Kier molecular flexibility index (Phi) is 5.61. The van der Waals surface area contributed by atoms with Crippen molar-refractivity contribution in [2.75, 3.05) is 11.9 Å². The maximum absolute atomic E-state index is 12.6. The number of para-hydroxylation sites is 1. The molecule has 3 N–H and O–H groups in total. The maximum atomic E-state index is 12.6. The average Bonchev–Trinajstić information content (AvgIpc) is 2.59. The molecule has 2 aromatic rings. The van der Waals surface area contributed by atoms with E-state index in [-0.39, 0.29) is 16.8 Å². The first-order valence-electron chi connectivity index (χ1n) is 7.21. The molecule has 2 rings (SSSR count). The SMILES string of the molecule is NC(=O)c1ccccc1NC(=O)COC(=O)c1cccc(C(F)(F)F)c1. The number of esters is 1. The molecule has 0 unspecified atom stereocenters. The standard InChI is InChI=1S/C17H13F3N2O4/c18-17(19,20)11-5-3-4-10(8-11)16(25)26-9-14(23)22-13-7-2-1-6-12(13)15(21)24/h1-8H,9H2,(H2,21,24)(H,22,23). The molecule has 0 aliphatic heterocycles. The Morgan fingerprint density at radius 1 is 1.04 bits per heavy atom. The quantitative estimate of drug-likeness (QED) is 0.795. The number of rotatable bonds is 5. The summed E-state index contributed by atoms with van der Waals surface area (Å²) in [5.74, 6) is -2.63. The molecule has 2 amide bonds. The molecule has 2 aromatic carbocycles. The lowest BCUT2D eigenvalue weighted by Gasteiger charge is -2.10. The number of carbonyl (C=O) groups is 3. The zero-order valence-corrected chi connectivity index (χ0v) is 13.2. The third-order valence-corrected chi connectivity index (χ3v) is 3.23. The van der Waals surface area contributed by atoms with Crippen molar-refractivity contribution in [3.63, 3.8) is 0 Å². The van der Waals surface area contributed by atoms with Gasteiger partial charge in [-0.2, -0.15) is 13.2 Å². The second kappa shape index (κ2) is 7.68. The third kappa shape index (κ3) is 4.82. The fourth-order valence-corrected chi connectivity index (χ4v) is 2.03. The van der Waals surface area contributed by atoms with Crippen molar-refractivity contribution in [1.82, 2.24) is 0 Å². The van der Waals surface area contributed by atoms with Gasteiger partial charge in [-0.25, -0.2) is 4.79 Å². The maximum Gasteiger partial charge on any atom is 0.416 e.